The van der Waals surface area contributed by atoms with Crippen LogP contribution >= 0.6 is 0 Å². The van der Waals surface area contributed by atoms with E-state index in [9.17, 15) is 23.2 Å². The second-order valence-electron chi connectivity index (χ2n) is 6.34. The van der Waals surface area contributed by atoms with E-state index in [2.05, 4.69) is 11.9 Å². The van der Waals surface area contributed by atoms with Crippen LogP contribution in [0.5, 0.6) is 11.5 Å². The number of methoxy groups -OCH3 is 1. The quantitative estimate of drug-likeness (QED) is 0.346. The lowest BCUT2D eigenvalue weighted by Crippen LogP contribution is -2.14. The number of ether oxygens (including phenoxy) is 2. The van der Waals surface area contributed by atoms with Crippen molar-refractivity contribution in [3.05, 3.63) is 71.3 Å². The van der Waals surface area contributed by atoms with Gasteiger partial charge in [0.05, 0.1) is 19.3 Å². The van der Waals surface area contributed by atoms with Crippen LogP contribution in [-0.2, 0) is 17.4 Å². The molecule has 0 fully saturated rings. The van der Waals surface area contributed by atoms with E-state index in [1.54, 1.807) is 31.2 Å². The number of carbonyl (C=O) groups excluding carboxylic acids is 1. The number of halogens is 3. The van der Waals surface area contributed by atoms with E-state index in [0.29, 0.717) is 30.1 Å². The zero-order valence-electron chi connectivity index (χ0n) is 17.0. The molecule has 0 radical (unpaired) electrons. The first kappa shape index (κ1) is 23.5. The molecule has 0 bridgehead atoms. The topological polar surface area (TPSA) is 71.4 Å². The fourth-order valence-corrected chi connectivity index (χ4v) is 2.86. The van der Waals surface area contributed by atoms with Gasteiger partial charge in [0.1, 0.15) is 11.6 Å². The van der Waals surface area contributed by atoms with Crippen LogP contribution in [0.2, 0.25) is 0 Å². The van der Waals surface area contributed by atoms with Crippen molar-refractivity contribution < 1.29 is 27.4 Å². The summed E-state index contributed by atoms with van der Waals surface area (Å²) >= 11 is 0. The Morgan fingerprint density at radius 3 is 2.61 bits per heavy atom. The van der Waals surface area contributed by atoms with Gasteiger partial charge >= 0.3 is 6.18 Å². The smallest absolute Gasteiger partial charge is 0.416 e. The Hall–Kier alpha value is -3.73. The average Bonchev–Trinajstić information content (AvgIpc) is 2.72. The van der Waals surface area contributed by atoms with Crippen molar-refractivity contribution in [1.29, 1.82) is 5.26 Å². The molecular weight excluding hydrogens is 409 g/mol. The van der Waals surface area contributed by atoms with Crippen molar-refractivity contribution in [3.8, 4) is 17.6 Å². The number of amides is 1. The largest absolute Gasteiger partial charge is 0.493 e. The fourth-order valence-electron chi connectivity index (χ4n) is 2.86. The molecule has 5 nitrogen and oxygen atoms in total. The fraction of sp³-hybridized carbons (Fsp3) is 0.217. The van der Waals surface area contributed by atoms with Crippen molar-refractivity contribution in [3.63, 3.8) is 0 Å². The maximum absolute atomic E-state index is 12.9. The molecule has 2 aromatic rings. The number of alkyl halides is 3. The molecule has 0 aliphatic carbocycles. The van der Waals surface area contributed by atoms with E-state index >= 15 is 0 Å². The Bertz CT molecular complexity index is 1040. The van der Waals surface area contributed by atoms with E-state index in [1.165, 1.54) is 25.3 Å². The summed E-state index contributed by atoms with van der Waals surface area (Å²) in [6, 6.07) is 9.30. The molecule has 0 unspecified atom stereocenters. The first-order chi connectivity index (χ1) is 14.7. The molecule has 0 saturated carbocycles. The van der Waals surface area contributed by atoms with Gasteiger partial charge < -0.3 is 14.8 Å². The number of anilines is 1. The summed E-state index contributed by atoms with van der Waals surface area (Å²) in [6.45, 7) is 5.88. The predicted octanol–water partition coefficient (Wildman–Crippen LogP) is 5.39. The number of nitriles is 1. The third-order valence-electron chi connectivity index (χ3n) is 4.15. The van der Waals surface area contributed by atoms with E-state index in [4.69, 9.17) is 9.47 Å². The number of hydrogen-bond donors (Lipinski definition) is 1. The standard InChI is InChI=1S/C23H21F3N2O3/c1-4-7-16-10-15(12-20(31-5-2)21(16)30-3)11-17(14-27)22(29)28-19-9-6-8-18(13-19)23(24,25)26/h4,6,8-13H,1,5,7H2,2-3H3,(H,28,29)/b17-11+. The zero-order chi connectivity index (χ0) is 23.0. The number of hydrogen-bond acceptors (Lipinski definition) is 4. The minimum Gasteiger partial charge on any atom is -0.493 e. The summed E-state index contributed by atoms with van der Waals surface area (Å²) in [6.07, 6.45) is -1.08. The van der Waals surface area contributed by atoms with Gasteiger partial charge in [-0.1, -0.05) is 12.1 Å². The first-order valence-corrected chi connectivity index (χ1v) is 9.28. The summed E-state index contributed by atoms with van der Waals surface area (Å²) in [5.41, 5.74) is -0.0203. The Labute approximate surface area is 178 Å². The molecule has 1 amide bonds. The number of benzene rings is 2. The van der Waals surface area contributed by atoms with Crippen LogP contribution in [0.15, 0.2) is 54.6 Å². The van der Waals surface area contributed by atoms with Crippen molar-refractivity contribution in [2.24, 2.45) is 0 Å². The SMILES string of the molecule is C=CCc1cc(/C=C(\C#N)C(=O)Nc2cccc(C(F)(F)F)c2)cc(OCC)c1OC. The van der Waals surface area contributed by atoms with Gasteiger partial charge in [0, 0.05) is 11.3 Å². The van der Waals surface area contributed by atoms with E-state index < -0.39 is 17.6 Å². The third kappa shape index (κ3) is 6.12. The highest BCUT2D eigenvalue weighted by Gasteiger charge is 2.30. The molecule has 0 aromatic heterocycles. The number of allylic oxidation sites excluding steroid dienone is 1. The van der Waals surface area contributed by atoms with Gasteiger partial charge in [-0.25, -0.2) is 0 Å². The summed E-state index contributed by atoms with van der Waals surface area (Å²) in [4.78, 5) is 12.5. The predicted molar refractivity (Wildman–Crippen MR) is 112 cm³/mol. The van der Waals surface area contributed by atoms with Gasteiger partial charge in [-0.15, -0.1) is 6.58 Å². The molecule has 8 heteroatoms. The second kappa shape index (κ2) is 10.3. The van der Waals surface area contributed by atoms with Crippen LogP contribution in [0.4, 0.5) is 18.9 Å². The first-order valence-electron chi connectivity index (χ1n) is 9.28. The van der Waals surface area contributed by atoms with E-state index in [1.807, 2.05) is 0 Å². The summed E-state index contributed by atoms with van der Waals surface area (Å²) in [7, 11) is 1.50. The highest BCUT2D eigenvalue weighted by Crippen LogP contribution is 2.34. The molecule has 0 aliphatic rings. The number of carbonyl (C=O) groups is 1. The summed E-state index contributed by atoms with van der Waals surface area (Å²) < 4.78 is 49.6. The Balaban J connectivity index is 2.39. The highest BCUT2D eigenvalue weighted by molar-refractivity contribution is 6.09. The van der Waals surface area contributed by atoms with Crippen molar-refractivity contribution >= 4 is 17.7 Å². The van der Waals surface area contributed by atoms with E-state index in [-0.39, 0.29) is 11.3 Å². The summed E-state index contributed by atoms with van der Waals surface area (Å²) in [5, 5.41) is 11.8. The molecular formula is C23H21F3N2O3. The van der Waals surface area contributed by atoms with E-state index in [0.717, 1.165) is 17.7 Å². The van der Waals surface area contributed by atoms with Crippen LogP contribution in [-0.4, -0.2) is 19.6 Å². The minimum atomic E-state index is -4.55. The van der Waals surface area contributed by atoms with Gasteiger partial charge in [0.25, 0.3) is 5.91 Å². The number of nitrogens with zero attached hydrogens (tertiary/aromatic N) is 1. The van der Waals surface area contributed by atoms with Crippen LogP contribution in [0.3, 0.4) is 0 Å². The maximum Gasteiger partial charge on any atom is 0.416 e. The Kier molecular flexibility index (Phi) is 7.86. The summed E-state index contributed by atoms with van der Waals surface area (Å²) in [5.74, 6) is 0.123. The van der Waals surface area contributed by atoms with Crippen LogP contribution in [0, 0.1) is 11.3 Å². The lowest BCUT2D eigenvalue weighted by molar-refractivity contribution is -0.137. The molecule has 0 heterocycles. The normalized spacial score (nSPS) is 11.4. The lowest BCUT2D eigenvalue weighted by atomic mass is 10.0. The van der Waals surface area contributed by atoms with Gasteiger partial charge in [-0.2, -0.15) is 18.4 Å². The van der Waals surface area contributed by atoms with Crippen molar-refractivity contribution in [2.75, 3.05) is 19.0 Å². The lowest BCUT2D eigenvalue weighted by Gasteiger charge is -2.14. The second-order valence-corrected chi connectivity index (χ2v) is 6.34. The molecule has 2 rings (SSSR count). The molecule has 0 atom stereocenters. The molecule has 0 spiro atoms. The maximum atomic E-state index is 12.9. The van der Waals surface area contributed by atoms with Crippen LogP contribution < -0.4 is 14.8 Å². The van der Waals surface area contributed by atoms with Gasteiger partial charge in [0.15, 0.2) is 11.5 Å². The van der Waals surface area contributed by atoms with Crippen LogP contribution in [0.25, 0.3) is 6.08 Å². The zero-order valence-corrected chi connectivity index (χ0v) is 17.0. The van der Waals surface area contributed by atoms with Gasteiger partial charge in [-0.3, -0.25) is 4.79 Å². The minimum absolute atomic E-state index is 0.0712. The van der Waals surface area contributed by atoms with Crippen molar-refractivity contribution in [2.45, 2.75) is 19.5 Å². The highest BCUT2D eigenvalue weighted by atomic mass is 19.4. The van der Waals surface area contributed by atoms with Gasteiger partial charge in [-0.05, 0) is 55.3 Å². The number of nitrogens with one attached hydrogen (secondary N) is 1. The molecule has 0 saturated heterocycles. The molecule has 31 heavy (non-hydrogen) atoms. The monoisotopic (exact) mass is 430 g/mol. The van der Waals surface area contributed by atoms with Gasteiger partial charge in [0.2, 0.25) is 0 Å². The third-order valence-corrected chi connectivity index (χ3v) is 4.15. The molecule has 1 N–H and O–H groups in total. The van der Waals surface area contributed by atoms with Crippen LogP contribution in [0.1, 0.15) is 23.6 Å². The number of rotatable bonds is 8. The molecule has 0 aliphatic heterocycles. The Morgan fingerprint density at radius 1 is 1.29 bits per heavy atom. The average molecular weight is 430 g/mol. The molecule has 162 valence electrons. The molecule has 2 aromatic carbocycles. The van der Waals surface area contributed by atoms with Crippen molar-refractivity contribution in [1.82, 2.24) is 0 Å². The Morgan fingerprint density at radius 2 is 2.03 bits per heavy atom.